The molecule has 6 aliphatic rings. The van der Waals surface area contributed by atoms with E-state index < -0.39 is 94.5 Å². The standard InChI is InChI=1S/C50H65ClN4O14S/c1-27-10-8-11-29(3)50(64)25-36(66-48(63)52-50)30(4)44-49(6,68-44)38(24-41(58)53(7)35-22-33(20-27)21-28(2)43(35)51)67-46(61)31(5)65-18-9-19-70-37-23-42(59)54(45(37)60)26-32-12-14-34(15-13-32)47(62)69-55-39(56)16-17-40(55)57/h8,10-11,21-22,29-32,34,36-38,44,64H,9,12-20,23-26H2,1-7H3,(H,52,63)/b11-8+,27-10+/t29-,30-,31-,32?,34?,36+,37?,38+,44+,49+,50+/m1/s1. The van der Waals surface area contributed by atoms with E-state index in [0.717, 1.165) is 16.7 Å². The maximum absolute atomic E-state index is 14.2. The van der Waals surface area contributed by atoms with Crippen LogP contribution in [0.2, 0.25) is 5.02 Å². The maximum Gasteiger partial charge on any atom is 0.409 e. The quantitative estimate of drug-likeness (QED) is 0.112. The number of amides is 6. The van der Waals surface area contributed by atoms with Gasteiger partial charge in [-0.05, 0) is 95.1 Å². The average molecular weight is 1010 g/mol. The molecule has 5 aliphatic heterocycles. The summed E-state index contributed by atoms with van der Waals surface area (Å²) in [4.78, 5) is 111. The number of carbonyl (C=O) groups excluding carboxylic acids is 8. The number of epoxide rings is 1. The predicted octanol–water partition coefficient (Wildman–Crippen LogP) is 5.66. The zero-order valence-electron chi connectivity index (χ0n) is 40.9. The second-order valence-electron chi connectivity index (χ2n) is 20.0. The molecule has 2 N–H and O–H groups in total. The summed E-state index contributed by atoms with van der Waals surface area (Å²) < 4.78 is 24.0. The number of ether oxygens (including phenoxy) is 4. The highest BCUT2D eigenvalue weighted by Crippen LogP contribution is 2.49. The summed E-state index contributed by atoms with van der Waals surface area (Å²) in [6, 6.07) is 3.82. The van der Waals surface area contributed by atoms with E-state index in [1.807, 2.05) is 58.1 Å². The molecule has 5 heterocycles. The van der Waals surface area contributed by atoms with Gasteiger partial charge in [-0.1, -0.05) is 55.3 Å². The van der Waals surface area contributed by atoms with Crippen LogP contribution in [0.3, 0.4) is 0 Å². The van der Waals surface area contributed by atoms with Crippen molar-refractivity contribution in [3.63, 3.8) is 0 Å². The minimum absolute atomic E-state index is 0.00469. The van der Waals surface area contributed by atoms with E-state index in [1.54, 1.807) is 20.9 Å². The third kappa shape index (κ3) is 11.9. The van der Waals surface area contributed by atoms with Gasteiger partial charge in [0, 0.05) is 57.7 Å². The van der Waals surface area contributed by atoms with Gasteiger partial charge in [-0.25, -0.2) is 14.4 Å². The van der Waals surface area contributed by atoms with Gasteiger partial charge in [0.1, 0.15) is 23.5 Å². The highest BCUT2D eigenvalue weighted by Gasteiger charge is 2.64. The number of fused-ring (bicyclic) bond motifs is 5. The number of likely N-dealkylation sites (tertiary alicyclic amines) is 1. The minimum Gasteiger partial charge on any atom is -0.457 e. The molecule has 1 unspecified atom stereocenters. The zero-order valence-corrected chi connectivity index (χ0v) is 42.4. The Morgan fingerprint density at radius 2 is 1.70 bits per heavy atom. The van der Waals surface area contributed by atoms with Crippen LogP contribution in [-0.4, -0.2) is 130 Å². The second-order valence-corrected chi connectivity index (χ2v) is 21.6. The van der Waals surface area contributed by atoms with Gasteiger partial charge in [0.15, 0.2) is 6.10 Å². The monoisotopic (exact) mass is 1010 g/mol. The highest BCUT2D eigenvalue weighted by molar-refractivity contribution is 8.00. The number of aliphatic hydroxyl groups is 1. The lowest BCUT2D eigenvalue weighted by atomic mass is 9.82. The number of carbonyl (C=O) groups is 8. The molecule has 7 rings (SSSR count). The Morgan fingerprint density at radius 3 is 2.40 bits per heavy atom. The van der Waals surface area contributed by atoms with E-state index in [4.69, 9.17) is 35.4 Å². The zero-order chi connectivity index (χ0) is 50.8. The van der Waals surface area contributed by atoms with Crippen LogP contribution in [0.25, 0.3) is 0 Å². The lowest BCUT2D eigenvalue weighted by molar-refractivity contribution is -0.201. The summed E-state index contributed by atoms with van der Waals surface area (Å²) in [7, 11) is 1.62. The summed E-state index contributed by atoms with van der Waals surface area (Å²) in [5, 5.41) is 14.7. The van der Waals surface area contributed by atoms with Crippen LogP contribution in [0.5, 0.6) is 0 Å². The van der Waals surface area contributed by atoms with Crippen molar-refractivity contribution >= 4 is 76.6 Å². The van der Waals surface area contributed by atoms with Gasteiger partial charge in [0.2, 0.25) is 17.7 Å². The van der Waals surface area contributed by atoms with E-state index in [9.17, 15) is 43.5 Å². The Kier molecular flexibility index (Phi) is 16.6. The van der Waals surface area contributed by atoms with Gasteiger partial charge in [0.25, 0.3) is 11.8 Å². The van der Waals surface area contributed by atoms with Crippen LogP contribution in [0.15, 0.2) is 35.9 Å². The Labute approximate surface area is 417 Å². The molecule has 0 spiro atoms. The van der Waals surface area contributed by atoms with Crippen LogP contribution in [0.1, 0.15) is 110 Å². The number of aryl methyl sites for hydroxylation is 1. The molecule has 9 atom stereocenters. The fourth-order valence-corrected chi connectivity index (χ4v) is 11.4. The van der Waals surface area contributed by atoms with E-state index in [2.05, 4.69) is 5.32 Å². The number of hydroxylamine groups is 2. The third-order valence-electron chi connectivity index (χ3n) is 14.7. The Morgan fingerprint density at radius 1 is 1.00 bits per heavy atom. The van der Waals surface area contributed by atoms with Gasteiger partial charge in [-0.2, -0.15) is 0 Å². The second kappa shape index (κ2) is 21.9. The number of imide groups is 2. The fourth-order valence-electron chi connectivity index (χ4n) is 10.0. The molecule has 18 nitrogen and oxygen atoms in total. The van der Waals surface area contributed by atoms with Crippen molar-refractivity contribution in [2.24, 2.45) is 23.7 Å². The summed E-state index contributed by atoms with van der Waals surface area (Å²) in [6.07, 6.45) is 4.15. The Balaban J connectivity index is 0.935. The number of nitrogens with zero attached hydrogens (tertiary/aromatic N) is 3. The molecule has 4 bridgehead atoms. The molecule has 5 fully saturated rings. The number of hydrogen-bond acceptors (Lipinski definition) is 15. The summed E-state index contributed by atoms with van der Waals surface area (Å²) in [5.74, 6) is -4.34. The topological polar surface area (TPSA) is 228 Å². The smallest absolute Gasteiger partial charge is 0.409 e. The number of allylic oxidation sites excluding steroid dienone is 3. The number of rotatable bonds is 12. The molecule has 0 radical (unpaired) electrons. The minimum atomic E-state index is -1.63. The van der Waals surface area contributed by atoms with Gasteiger partial charge in [0.05, 0.1) is 34.4 Å². The number of halogens is 1. The number of nitrogens with one attached hydrogen (secondary N) is 1. The van der Waals surface area contributed by atoms with E-state index >= 15 is 0 Å². The Hall–Kier alpha value is -4.82. The number of thioether (sulfide) groups is 1. The number of esters is 1. The van der Waals surface area contributed by atoms with Crippen LogP contribution in [-0.2, 0) is 63.8 Å². The van der Waals surface area contributed by atoms with Crippen molar-refractivity contribution in [1.82, 2.24) is 15.3 Å². The first kappa shape index (κ1) is 53.0. The molecule has 6 amide bonds. The van der Waals surface area contributed by atoms with E-state index in [1.165, 1.54) is 21.6 Å². The van der Waals surface area contributed by atoms with Gasteiger partial charge in [-0.15, -0.1) is 16.8 Å². The van der Waals surface area contributed by atoms with Crippen molar-refractivity contribution < 1.29 is 67.2 Å². The van der Waals surface area contributed by atoms with Gasteiger partial charge < -0.3 is 33.8 Å². The average Bonchev–Trinajstić information content (AvgIpc) is 3.82. The van der Waals surface area contributed by atoms with Gasteiger partial charge >= 0.3 is 18.0 Å². The van der Waals surface area contributed by atoms with Crippen LogP contribution in [0, 0.1) is 30.6 Å². The SMILES string of the molecule is C/C1=C\C=C\[C@@H](C)[C@@]2(O)C[C@H](OC(=O)N2)[C@@H](C)[C@@H]2O[C@@]2(C)[C@@H](OC(=O)[C@@H](C)OCCCSC2CC(=O)N(CC3CCC(C(=O)ON4C(=O)CCC4=O)CC3)C2=O)CC(=O)N(C)c2cc(cc(C)c2Cl)C1. The van der Waals surface area contributed by atoms with Crippen molar-refractivity contribution in [3.05, 3.63) is 52.1 Å². The van der Waals surface area contributed by atoms with Crippen molar-refractivity contribution in [3.8, 4) is 0 Å². The lowest BCUT2D eigenvalue weighted by Crippen LogP contribution is -2.60. The van der Waals surface area contributed by atoms with E-state index in [0.29, 0.717) is 60.1 Å². The van der Waals surface area contributed by atoms with Crippen LogP contribution in [0.4, 0.5) is 10.5 Å². The largest absolute Gasteiger partial charge is 0.457 e. The normalized spacial score (nSPS) is 33.5. The van der Waals surface area contributed by atoms with Crippen molar-refractivity contribution in [2.45, 2.75) is 153 Å². The molecule has 1 aliphatic carbocycles. The molecule has 4 saturated heterocycles. The first-order valence-corrected chi connectivity index (χ1v) is 25.6. The van der Waals surface area contributed by atoms with Crippen molar-refractivity contribution in [1.29, 1.82) is 0 Å². The number of benzene rings is 1. The van der Waals surface area contributed by atoms with Crippen LogP contribution >= 0.6 is 23.4 Å². The molecule has 1 aromatic carbocycles. The third-order valence-corrected chi connectivity index (χ3v) is 16.5. The molecule has 0 aromatic heterocycles. The fraction of sp³-hybridized carbons (Fsp3) is 0.640. The Bertz CT molecular complexity index is 2300. The lowest BCUT2D eigenvalue weighted by Gasteiger charge is -2.41. The first-order valence-electron chi connectivity index (χ1n) is 24.2. The first-order chi connectivity index (χ1) is 33.1. The van der Waals surface area contributed by atoms with E-state index in [-0.39, 0.29) is 63.0 Å². The van der Waals surface area contributed by atoms with Crippen LogP contribution < -0.4 is 10.2 Å². The molecular formula is C50H65ClN4O14S. The summed E-state index contributed by atoms with van der Waals surface area (Å²) in [6.45, 7) is 11.1. The van der Waals surface area contributed by atoms with Gasteiger partial charge in [-0.3, -0.25) is 34.2 Å². The predicted molar refractivity (Wildman–Crippen MR) is 256 cm³/mol. The summed E-state index contributed by atoms with van der Waals surface area (Å²) >= 11 is 8.15. The molecular weight excluding hydrogens is 948 g/mol. The molecule has 20 heteroatoms. The molecule has 382 valence electrons. The van der Waals surface area contributed by atoms with Crippen molar-refractivity contribution in [2.75, 3.05) is 30.9 Å². The number of hydrogen-bond donors (Lipinski definition) is 2. The summed E-state index contributed by atoms with van der Waals surface area (Å²) in [5.41, 5.74) is 0.363. The molecule has 70 heavy (non-hydrogen) atoms. The highest BCUT2D eigenvalue weighted by atomic mass is 35.5. The maximum atomic E-state index is 14.2. The number of anilines is 1. The molecule has 1 saturated carbocycles. The molecule has 1 aromatic rings. The number of alkyl carbamates (subject to hydrolysis) is 1.